The molecule has 254 valence electrons. The quantitative estimate of drug-likeness (QED) is 0.150. The highest BCUT2D eigenvalue weighted by atomic mass is 16.8. The predicted octanol–water partition coefficient (Wildman–Crippen LogP) is 7.06. The van der Waals surface area contributed by atoms with E-state index in [0.29, 0.717) is 19.6 Å². The van der Waals surface area contributed by atoms with Crippen molar-refractivity contribution in [1.29, 1.82) is 0 Å². The average molecular weight is 660 g/mol. The fourth-order valence-electron chi connectivity index (χ4n) is 6.69. The third-order valence-corrected chi connectivity index (χ3v) is 9.87. The minimum Gasteiger partial charge on any atom is -0.491 e. The first kappa shape index (κ1) is 32.7. The molecule has 0 aliphatic carbocycles. The van der Waals surface area contributed by atoms with Gasteiger partial charge in [0.05, 0.1) is 18.3 Å². The monoisotopic (exact) mass is 659 g/mol. The van der Waals surface area contributed by atoms with E-state index in [0.717, 1.165) is 55.3 Å². The Balaban J connectivity index is 0.895. The molecule has 0 N–H and O–H groups in total. The summed E-state index contributed by atoms with van der Waals surface area (Å²) in [7, 11) is 0. The molecule has 7 rings (SSSR count). The predicted molar refractivity (Wildman–Crippen MR) is 194 cm³/mol. The Kier molecular flexibility index (Phi) is 9.55. The second-order valence-electron chi connectivity index (χ2n) is 12.9. The minimum atomic E-state index is -0.756. The summed E-state index contributed by atoms with van der Waals surface area (Å²) in [4.78, 5) is 17.6. The summed E-state index contributed by atoms with van der Waals surface area (Å²) in [6, 6.07) is 35.5. The van der Waals surface area contributed by atoms with Crippen LogP contribution >= 0.6 is 0 Å². The Morgan fingerprint density at radius 3 is 2.00 bits per heavy atom. The van der Waals surface area contributed by atoms with Crippen LogP contribution in [-0.4, -0.2) is 59.8 Å². The van der Waals surface area contributed by atoms with Crippen LogP contribution in [0, 0.1) is 0 Å². The molecule has 2 saturated heterocycles. The Bertz CT molecular complexity index is 1860. The molecule has 1 aromatic heterocycles. The molecular weight excluding hydrogens is 614 g/mol. The molecule has 3 atom stereocenters. The largest absolute Gasteiger partial charge is 0.491 e. The Morgan fingerprint density at radius 2 is 1.39 bits per heavy atom. The number of rotatable bonds is 11. The molecule has 0 bridgehead atoms. The van der Waals surface area contributed by atoms with Crippen LogP contribution in [0.15, 0.2) is 114 Å². The van der Waals surface area contributed by atoms with Gasteiger partial charge in [-0.2, -0.15) is 5.10 Å². The highest BCUT2D eigenvalue weighted by molar-refractivity contribution is 5.63. The van der Waals surface area contributed by atoms with Crippen LogP contribution in [0.4, 0.5) is 11.4 Å². The van der Waals surface area contributed by atoms with Gasteiger partial charge in [-0.15, -0.1) is 0 Å². The highest BCUT2D eigenvalue weighted by Gasteiger charge is 2.42. The molecule has 49 heavy (non-hydrogen) atoms. The van der Waals surface area contributed by atoms with Gasteiger partial charge in [0.25, 0.3) is 0 Å². The molecule has 3 heterocycles. The molecule has 0 amide bonds. The number of benzene rings is 4. The standard InChI is InChI=1S/C40H45N5O4/c1-4-30(3)45-39(46)44(29-41-45)36-17-15-34(16-18-36)42-23-25-43(26-24-42)35-19-21-37(22-20-35)47-27-38-28-48-40(5-2,49-38)33-13-11-32(12-14-33)31-9-7-6-8-10-31/h6-22,29-30,38H,4-5,23-28H2,1-3H3. The summed E-state index contributed by atoms with van der Waals surface area (Å²) in [5.41, 5.74) is 6.46. The highest BCUT2D eigenvalue weighted by Crippen LogP contribution is 2.38. The minimum absolute atomic E-state index is 0.0757. The van der Waals surface area contributed by atoms with Gasteiger partial charge in [0.2, 0.25) is 0 Å². The van der Waals surface area contributed by atoms with E-state index in [9.17, 15) is 4.79 Å². The molecule has 3 unspecified atom stereocenters. The van der Waals surface area contributed by atoms with Crippen LogP contribution in [0.5, 0.6) is 5.75 Å². The van der Waals surface area contributed by atoms with Gasteiger partial charge in [-0.1, -0.05) is 68.4 Å². The van der Waals surface area contributed by atoms with E-state index in [2.05, 4.69) is 102 Å². The fraction of sp³-hybridized carbons (Fsp3) is 0.350. The number of hydrogen-bond donors (Lipinski definition) is 0. The van der Waals surface area contributed by atoms with Crippen LogP contribution in [0.2, 0.25) is 0 Å². The van der Waals surface area contributed by atoms with Crippen molar-refractivity contribution < 1.29 is 14.2 Å². The van der Waals surface area contributed by atoms with Gasteiger partial charge >= 0.3 is 5.69 Å². The third-order valence-electron chi connectivity index (χ3n) is 9.87. The van der Waals surface area contributed by atoms with Crippen LogP contribution in [-0.2, 0) is 15.3 Å². The van der Waals surface area contributed by atoms with Gasteiger partial charge in [0, 0.05) is 49.5 Å². The summed E-state index contributed by atoms with van der Waals surface area (Å²) in [5.74, 6) is 0.0646. The second-order valence-corrected chi connectivity index (χ2v) is 12.9. The third kappa shape index (κ3) is 6.86. The SMILES string of the molecule is CCC(C)n1ncn(-c2ccc(N3CCN(c4ccc(OCC5COC(CC)(c6ccc(-c7ccccc7)cc6)O5)cc4)CC3)cc2)c1=O. The molecule has 4 aromatic carbocycles. The summed E-state index contributed by atoms with van der Waals surface area (Å²) in [6.07, 6.45) is 3.03. The van der Waals surface area contributed by atoms with Gasteiger partial charge < -0.3 is 24.0 Å². The number of nitrogens with zero attached hydrogens (tertiary/aromatic N) is 5. The van der Waals surface area contributed by atoms with Gasteiger partial charge in [0.1, 0.15) is 24.8 Å². The number of aromatic nitrogens is 3. The van der Waals surface area contributed by atoms with Crippen molar-refractivity contribution in [3.05, 3.63) is 126 Å². The van der Waals surface area contributed by atoms with Gasteiger partial charge in [0.15, 0.2) is 5.79 Å². The Hall–Kier alpha value is -4.86. The van der Waals surface area contributed by atoms with E-state index in [4.69, 9.17) is 14.2 Å². The van der Waals surface area contributed by atoms with E-state index < -0.39 is 5.79 Å². The van der Waals surface area contributed by atoms with E-state index in [-0.39, 0.29) is 17.8 Å². The van der Waals surface area contributed by atoms with E-state index in [1.165, 1.54) is 16.8 Å². The topological polar surface area (TPSA) is 74.0 Å². The molecule has 9 heteroatoms. The number of hydrogen-bond acceptors (Lipinski definition) is 7. The van der Waals surface area contributed by atoms with Crippen molar-refractivity contribution in [2.45, 2.75) is 51.5 Å². The zero-order chi connectivity index (χ0) is 33.8. The molecule has 2 aliphatic rings. The second kappa shape index (κ2) is 14.3. The van der Waals surface area contributed by atoms with Crippen LogP contribution < -0.4 is 20.2 Å². The van der Waals surface area contributed by atoms with Crippen molar-refractivity contribution in [2.75, 3.05) is 49.2 Å². The number of anilines is 2. The van der Waals surface area contributed by atoms with Crippen LogP contribution in [0.25, 0.3) is 16.8 Å². The lowest BCUT2D eigenvalue weighted by Gasteiger charge is -2.37. The summed E-state index contributed by atoms with van der Waals surface area (Å²) in [6.45, 7) is 10.7. The van der Waals surface area contributed by atoms with Crippen molar-refractivity contribution in [2.24, 2.45) is 0 Å². The zero-order valence-corrected chi connectivity index (χ0v) is 28.6. The zero-order valence-electron chi connectivity index (χ0n) is 28.6. The molecule has 2 aliphatic heterocycles. The van der Waals surface area contributed by atoms with Gasteiger partial charge in [-0.25, -0.2) is 14.0 Å². The molecule has 0 radical (unpaired) electrons. The average Bonchev–Trinajstić information content (AvgIpc) is 3.78. The molecule has 0 spiro atoms. The normalized spacial score (nSPS) is 20.0. The van der Waals surface area contributed by atoms with Gasteiger partial charge in [-0.05, 0) is 73.0 Å². The summed E-state index contributed by atoms with van der Waals surface area (Å²) < 4.78 is 22.1. The number of ether oxygens (including phenoxy) is 3. The molecule has 0 saturated carbocycles. The Morgan fingerprint density at radius 1 is 0.796 bits per heavy atom. The smallest absolute Gasteiger partial charge is 0.350 e. The van der Waals surface area contributed by atoms with E-state index >= 15 is 0 Å². The maximum atomic E-state index is 12.8. The lowest BCUT2D eigenvalue weighted by atomic mass is 9.99. The van der Waals surface area contributed by atoms with Crippen molar-refractivity contribution >= 4 is 11.4 Å². The molecule has 2 fully saturated rings. The molecule has 9 nitrogen and oxygen atoms in total. The Labute approximate surface area is 288 Å². The first-order valence-corrected chi connectivity index (χ1v) is 17.4. The summed E-state index contributed by atoms with van der Waals surface area (Å²) >= 11 is 0. The summed E-state index contributed by atoms with van der Waals surface area (Å²) in [5, 5.41) is 4.31. The fourth-order valence-corrected chi connectivity index (χ4v) is 6.69. The van der Waals surface area contributed by atoms with E-state index in [1.807, 2.05) is 37.3 Å². The van der Waals surface area contributed by atoms with Crippen LogP contribution in [0.3, 0.4) is 0 Å². The molecule has 5 aromatic rings. The van der Waals surface area contributed by atoms with E-state index in [1.54, 1.807) is 15.6 Å². The first-order chi connectivity index (χ1) is 24.0. The maximum absolute atomic E-state index is 12.8. The van der Waals surface area contributed by atoms with Gasteiger partial charge in [-0.3, -0.25) is 0 Å². The lowest BCUT2D eigenvalue weighted by Crippen LogP contribution is -2.46. The van der Waals surface area contributed by atoms with Crippen molar-refractivity contribution in [3.63, 3.8) is 0 Å². The first-order valence-electron chi connectivity index (χ1n) is 17.4. The number of piperazine rings is 1. The van der Waals surface area contributed by atoms with Crippen molar-refractivity contribution in [1.82, 2.24) is 14.3 Å². The van der Waals surface area contributed by atoms with Crippen molar-refractivity contribution in [3.8, 4) is 22.6 Å². The molecular formula is C40H45N5O4. The lowest BCUT2D eigenvalue weighted by molar-refractivity contribution is -0.181. The maximum Gasteiger partial charge on any atom is 0.350 e. The van der Waals surface area contributed by atoms with Crippen LogP contribution in [0.1, 0.15) is 45.2 Å².